The van der Waals surface area contributed by atoms with Crippen LogP contribution in [0.3, 0.4) is 0 Å². The SMILES string of the molecule is Cc1cccc(C)c1-c1nncn1-c1ccccc1. The number of benzene rings is 2. The van der Waals surface area contributed by atoms with Crippen molar-refractivity contribution in [1.29, 1.82) is 0 Å². The number of aromatic nitrogens is 3. The van der Waals surface area contributed by atoms with Crippen LogP contribution in [0, 0.1) is 13.8 Å². The van der Waals surface area contributed by atoms with Gasteiger partial charge in [-0.2, -0.15) is 0 Å². The minimum Gasteiger partial charge on any atom is -0.282 e. The Kier molecular flexibility index (Phi) is 2.88. The normalized spacial score (nSPS) is 10.6. The molecule has 0 amide bonds. The second kappa shape index (κ2) is 4.69. The zero-order chi connectivity index (χ0) is 13.2. The maximum Gasteiger partial charge on any atom is 0.168 e. The van der Waals surface area contributed by atoms with Crippen molar-refractivity contribution >= 4 is 0 Å². The van der Waals surface area contributed by atoms with Gasteiger partial charge in [-0.15, -0.1) is 10.2 Å². The summed E-state index contributed by atoms with van der Waals surface area (Å²) in [4.78, 5) is 0. The Morgan fingerprint density at radius 2 is 1.53 bits per heavy atom. The lowest BCUT2D eigenvalue weighted by Gasteiger charge is -2.11. The molecule has 0 bridgehead atoms. The molecule has 0 aliphatic rings. The summed E-state index contributed by atoms with van der Waals surface area (Å²) in [6.07, 6.45) is 1.76. The summed E-state index contributed by atoms with van der Waals surface area (Å²) in [7, 11) is 0. The third kappa shape index (κ3) is 2.03. The lowest BCUT2D eigenvalue weighted by molar-refractivity contribution is 1.06. The zero-order valence-corrected chi connectivity index (χ0v) is 11.0. The van der Waals surface area contributed by atoms with Gasteiger partial charge in [-0.25, -0.2) is 0 Å². The van der Waals surface area contributed by atoms with Crippen molar-refractivity contribution in [3.63, 3.8) is 0 Å². The van der Waals surface area contributed by atoms with Crippen molar-refractivity contribution in [1.82, 2.24) is 14.8 Å². The number of rotatable bonds is 2. The van der Waals surface area contributed by atoms with Crippen molar-refractivity contribution in [2.45, 2.75) is 13.8 Å². The molecule has 3 heteroatoms. The number of aryl methyl sites for hydroxylation is 2. The largest absolute Gasteiger partial charge is 0.282 e. The van der Waals surface area contributed by atoms with Gasteiger partial charge in [0.15, 0.2) is 5.82 Å². The number of para-hydroxylation sites is 1. The van der Waals surface area contributed by atoms with Gasteiger partial charge in [0, 0.05) is 11.3 Å². The van der Waals surface area contributed by atoms with E-state index in [1.807, 2.05) is 22.8 Å². The molecule has 19 heavy (non-hydrogen) atoms. The second-order valence-electron chi connectivity index (χ2n) is 4.63. The lowest BCUT2D eigenvalue weighted by Crippen LogP contribution is -1.99. The van der Waals surface area contributed by atoms with Crippen LogP contribution in [-0.2, 0) is 0 Å². The molecule has 1 heterocycles. The van der Waals surface area contributed by atoms with Crippen LogP contribution in [0.5, 0.6) is 0 Å². The third-order valence-electron chi connectivity index (χ3n) is 3.29. The van der Waals surface area contributed by atoms with Crippen LogP contribution in [0.1, 0.15) is 11.1 Å². The fourth-order valence-electron chi connectivity index (χ4n) is 2.35. The minimum atomic E-state index is 0.891. The molecule has 0 N–H and O–H groups in total. The van der Waals surface area contributed by atoms with Gasteiger partial charge in [0.2, 0.25) is 0 Å². The summed E-state index contributed by atoms with van der Waals surface area (Å²) in [6, 6.07) is 16.4. The quantitative estimate of drug-likeness (QED) is 0.695. The Balaban J connectivity index is 2.21. The van der Waals surface area contributed by atoms with Gasteiger partial charge in [-0.1, -0.05) is 36.4 Å². The van der Waals surface area contributed by atoms with Crippen LogP contribution in [0.2, 0.25) is 0 Å². The van der Waals surface area contributed by atoms with Gasteiger partial charge in [0.1, 0.15) is 6.33 Å². The third-order valence-corrected chi connectivity index (χ3v) is 3.29. The molecular weight excluding hydrogens is 234 g/mol. The van der Waals surface area contributed by atoms with Gasteiger partial charge < -0.3 is 0 Å². The van der Waals surface area contributed by atoms with E-state index in [1.54, 1.807) is 6.33 Å². The summed E-state index contributed by atoms with van der Waals surface area (Å²) < 4.78 is 2.02. The van der Waals surface area contributed by atoms with Crippen LogP contribution in [0.15, 0.2) is 54.9 Å². The van der Waals surface area contributed by atoms with Crippen molar-refractivity contribution in [2.24, 2.45) is 0 Å². The topological polar surface area (TPSA) is 30.7 Å². The lowest BCUT2D eigenvalue weighted by atomic mass is 10.0. The van der Waals surface area contributed by atoms with Gasteiger partial charge in [0.25, 0.3) is 0 Å². The molecule has 0 spiro atoms. The Bertz CT molecular complexity index is 679. The van der Waals surface area contributed by atoms with Crippen LogP contribution in [-0.4, -0.2) is 14.8 Å². The molecule has 0 radical (unpaired) electrons. The monoisotopic (exact) mass is 249 g/mol. The molecule has 0 aliphatic heterocycles. The van der Waals surface area contributed by atoms with E-state index in [4.69, 9.17) is 0 Å². The van der Waals surface area contributed by atoms with Crippen molar-refractivity contribution in [3.05, 3.63) is 66.0 Å². The molecule has 2 aromatic carbocycles. The number of hydrogen-bond donors (Lipinski definition) is 0. The molecule has 0 saturated heterocycles. The standard InChI is InChI=1S/C16H15N3/c1-12-7-6-8-13(2)15(12)16-18-17-11-19(16)14-9-4-3-5-10-14/h3-11H,1-2H3. The molecular formula is C16H15N3. The highest BCUT2D eigenvalue weighted by Gasteiger charge is 2.13. The van der Waals surface area contributed by atoms with Crippen molar-refractivity contribution in [2.75, 3.05) is 0 Å². The highest BCUT2D eigenvalue weighted by molar-refractivity contribution is 5.66. The van der Waals surface area contributed by atoms with E-state index in [2.05, 4.69) is 54.4 Å². The Morgan fingerprint density at radius 3 is 2.21 bits per heavy atom. The van der Waals surface area contributed by atoms with E-state index < -0.39 is 0 Å². The molecule has 0 fully saturated rings. The van der Waals surface area contributed by atoms with Crippen molar-refractivity contribution < 1.29 is 0 Å². The van der Waals surface area contributed by atoms with Crippen molar-refractivity contribution in [3.8, 4) is 17.1 Å². The predicted molar refractivity (Wildman–Crippen MR) is 76.3 cm³/mol. The van der Waals surface area contributed by atoms with E-state index in [9.17, 15) is 0 Å². The first-order valence-electron chi connectivity index (χ1n) is 6.29. The highest BCUT2D eigenvalue weighted by atomic mass is 15.3. The fourth-order valence-corrected chi connectivity index (χ4v) is 2.35. The second-order valence-corrected chi connectivity index (χ2v) is 4.63. The highest BCUT2D eigenvalue weighted by Crippen LogP contribution is 2.26. The molecule has 0 atom stereocenters. The Labute approximate surface area is 112 Å². The number of hydrogen-bond acceptors (Lipinski definition) is 2. The Morgan fingerprint density at radius 1 is 0.842 bits per heavy atom. The zero-order valence-electron chi connectivity index (χ0n) is 11.0. The summed E-state index contributed by atoms with van der Waals surface area (Å²) >= 11 is 0. The van der Waals surface area contributed by atoms with E-state index in [0.717, 1.165) is 17.1 Å². The van der Waals surface area contributed by atoms with Gasteiger partial charge in [-0.3, -0.25) is 4.57 Å². The van der Waals surface area contributed by atoms with E-state index >= 15 is 0 Å². The van der Waals surface area contributed by atoms with Crippen LogP contribution >= 0.6 is 0 Å². The first kappa shape index (κ1) is 11.7. The van der Waals surface area contributed by atoms with Crippen LogP contribution < -0.4 is 0 Å². The molecule has 0 unspecified atom stereocenters. The first-order valence-corrected chi connectivity index (χ1v) is 6.29. The van der Waals surface area contributed by atoms with Gasteiger partial charge in [-0.05, 0) is 37.1 Å². The molecule has 1 aromatic heterocycles. The van der Waals surface area contributed by atoms with Gasteiger partial charge in [0.05, 0.1) is 0 Å². The molecule has 3 aromatic rings. The smallest absolute Gasteiger partial charge is 0.168 e. The van der Waals surface area contributed by atoms with E-state index in [-0.39, 0.29) is 0 Å². The molecule has 0 aliphatic carbocycles. The van der Waals surface area contributed by atoms with Crippen LogP contribution in [0.4, 0.5) is 0 Å². The summed E-state index contributed by atoms with van der Waals surface area (Å²) in [5, 5.41) is 8.37. The van der Waals surface area contributed by atoms with Crippen LogP contribution in [0.25, 0.3) is 17.1 Å². The maximum atomic E-state index is 4.30. The molecule has 0 saturated carbocycles. The van der Waals surface area contributed by atoms with Gasteiger partial charge >= 0.3 is 0 Å². The maximum absolute atomic E-state index is 4.30. The average Bonchev–Trinajstić information content (AvgIpc) is 2.89. The minimum absolute atomic E-state index is 0.891. The van der Waals surface area contributed by atoms with E-state index in [1.165, 1.54) is 11.1 Å². The average molecular weight is 249 g/mol. The molecule has 3 nitrogen and oxygen atoms in total. The summed E-state index contributed by atoms with van der Waals surface area (Å²) in [5.74, 6) is 0.891. The number of nitrogens with zero attached hydrogens (tertiary/aromatic N) is 3. The Hall–Kier alpha value is -2.42. The summed E-state index contributed by atoms with van der Waals surface area (Å²) in [6.45, 7) is 4.21. The first-order chi connectivity index (χ1) is 9.27. The molecule has 94 valence electrons. The van der Waals surface area contributed by atoms with E-state index in [0.29, 0.717) is 0 Å². The molecule has 3 rings (SSSR count). The predicted octanol–water partition coefficient (Wildman–Crippen LogP) is 3.55. The fraction of sp³-hybridized carbons (Fsp3) is 0.125. The summed E-state index contributed by atoms with van der Waals surface area (Å²) in [5.41, 5.74) is 4.66.